The van der Waals surface area contributed by atoms with Crippen LogP contribution in [0.5, 0.6) is 0 Å². The summed E-state index contributed by atoms with van der Waals surface area (Å²) in [5.41, 5.74) is 1.00. The lowest BCUT2D eigenvalue weighted by molar-refractivity contribution is 1.27. The van der Waals surface area contributed by atoms with E-state index in [2.05, 4.69) is 48.2 Å². The first-order chi connectivity index (χ1) is 5.83. The maximum Gasteiger partial charge on any atom is 0.151 e. The fraction of sp³-hybridized carbons (Fsp3) is 0. The molecule has 0 aliphatic heterocycles. The third-order valence-electron chi connectivity index (χ3n) is 1.56. The molecule has 0 saturated carbocycles. The molecule has 0 N–H and O–H groups in total. The van der Waals surface area contributed by atoms with E-state index in [4.69, 9.17) is 0 Å². The Labute approximate surface area is 94.6 Å². The van der Waals surface area contributed by atoms with Gasteiger partial charge in [0.2, 0.25) is 0 Å². The summed E-state index contributed by atoms with van der Waals surface area (Å²) in [4.78, 5) is 4.28. The minimum absolute atomic E-state index is 1.00. The Morgan fingerprint density at radius 3 is 3.17 bits per heavy atom. The second-order valence-electron chi connectivity index (χ2n) is 2.25. The van der Waals surface area contributed by atoms with Crippen molar-refractivity contribution in [1.29, 1.82) is 0 Å². The average Bonchev–Trinajstić information content (AvgIpc) is 2.44. The second-order valence-corrected chi connectivity index (χ2v) is 4.81. The van der Waals surface area contributed by atoms with E-state index in [-0.39, 0.29) is 0 Å². The first-order valence-electron chi connectivity index (χ1n) is 3.23. The SMILES string of the molecule is Brc1cn(SI)c2ncccc12. The van der Waals surface area contributed by atoms with E-state index in [0.29, 0.717) is 0 Å². The Bertz CT molecular complexity index is 415. The second kappa shape index (κ2) is 3.55. The van der Waals surface area contributed by atoms with Gasteiger partial charge in [0.15, 0.2) is 5.65 Å². The van der Waals surface area contributed by atoms with Gasteiger partial charge in [0, 0.05) is 52.6 Å². The highest BCUT2D eigenvalue weighted by atomic mass is 127. The lowest BCUT2D eigenvalue weighted by Gasteiger charge is -1.93. The number of fused-ring (bicyclic) bond motifs is 1. The van der Waals surface area contributed by atoms with Crippen LogP contribution in [-0.4, -0.2) is 8.96 Å². The van der Waals surface area contributed by atoms with Gasteiger partial charge in [0.1, 0.15) is 0 Å². The minimum atomic E-state index is 1.00. The molecule has 62 valence electrons. The zero-order valence-electron chi connectivity index (χ0n) is 5.87. The van der Waals surface area contributed by atoms with Crippen LogP contribution in [0.4, 0.5) is 0 Å². The van der Waals surface area contributed by atoms with Gasteiger partial charge in [-0.3, -0.25) is 3.97 Å². The van der Waals surface area contributed by atoms with Crippen LogP contribution >= 0.6 is 46.3 Å². The molecule has 5 heteroatoms. The maximum absolute atomic E-state index is 4.28. The van der Waals surface area contributed by atoms with Crippen LogP contribution in [0.1, 0.15) is 0 Å². The van der Waals surface area contributed by atoms with Crippen LogP contribution in [0.2, 0.25) is 0 Å². The van der Waals surface area contributed by atoms with Crippen molar-refractivity contribution in [2.45, 2.75) is 0 Å². The molecular weight excluding hydrogens is 351 g/mol. The topological polar surface area (TPSA) is 17.8 Å². The number of pyridine rings is 1. The third-order valence-corrected chi connectivity index (χ3v) is 3.89. The molecule has 2 rings (SSSR count). The zero-order valence-corrected chi connectivity index (χ0v) is 10.4. The fourth-order valence-electron chi connectivity index (χ4n) is 1.05. The Morgan fingerprint density at radius 1 is 1.58 bits per heavy atom. The van der Waals surface area contributed by atoms with Crippen LogP contribution in [-0.2, 0) is 0 Å². The van der Waals surface area contributed by atoms with Crippen molar-refractivity contribution in [2.24, 2.45) is 0 Å². The van der Waals surface area contributed by atoms with Crippen molar-refractivity contribution in [3.63, 3.8) is 0 Å². The summed E-state index contributed by atoms with van der Waals surface area (Å²) in [6.07, 6.45) is 3.83. The van der Waals surface area contributed by atoms with Crippen molar-refractivity contribution in [3.8, 4) is 0 Å². The molecule has 0 fully saturated rings. The van der Waals surface area contributed by atoms with Crippen molar-refractivity contribution in [3.05, 3.63) is 29.0 Å². The lowest BCUT2D eigenvalue weighted by Crippen LogP contribution is -1.81. The molecule has 12 heavy (non-hydrogen) atoms. The van der Waals surface area contributed by atoms with E-state index in [0.717, 1.165) is 15.5 Å². The normalized spacial score (nSPS) is 10.8. The molecule has 0 spiro atoms. The van der Waals surface area contributed by atoms with Crippen LogP contribution in [0.15, 0.2) is 29.0 Å². The molecule has 0 aliphatic rings. The molecule has 0 radical (unpaired) electrons. The van der Waals surface area contributed by atoms with Gasteiger partial charge in [-0.1, -0.05) is 0 Å². The molecule has 2 heterocycles. The van der Waals surface area contributed by atoms with Crippen molar-refractivity contribution < 1.29 is 0 Å². The summed E-state index contributed by atoms with van der Waals surface area (Å²) in [6.45, 7) is 0. The monoisotopic (exact) mass is 354 g/mol. The summed E-state index contributed by atoms with van der Waals surface area (Å²) < 4.78 is 3.12. The summed E-state index contributed by atoms with van der Waals surface area (Å²) >= 11 is 5.71. The maximum atomic E-state index is 4.28. The number of aromatic nitrogens is 2. The smallest absolute Gasteiger partial charge is 0.151 e. The molecule has 0 atom stereocenters. The van der Waals surface area contributed by atoms with Gasteiger partial charge in [-0.25, -0.2) is 4.98 Å². The van der Waals surface area contributed by atoms with E-state index in [1.807, 2.05) is 16.2 Å². The van der Waals surface area contributed by atoms with Crippen LogP contribution in [0.3, 0.4) is 0 Å². The zero-order chi connectivity index (χ0) is 8.55. The highest BCUT2D eigenvalue weighted by Crippen LogP contribution is 2.29. The highest BCUT2D eigenvalue weighted by molar-refractivity contribution is 14.2. The van der Waals surface area contributed by atoms with E-state index in [1.165, 1.54) is 0 Å². The molecule has 2 nitrogen and oxygen atoms in total. The molecule has 0 unspecified atom stereocenters. The van der Waals surface area contributed by atoms with Crippen molar-refractivity contribution in [2.75, 3.05) is 0 Å². The average molecular weight is 355 g/mol. The van der Waals surface area contributed by atoms with Crippen molar-refractivity contribution in [1.82, 2.24) is 8.96 Å². The molecular formula is C7H4BrIN2S. The molecule has 2 aromatic heterocycles. The van der Waals surface area contributed by atoms with E-state index >= 15 is 0 Å². The fourth-order valence-corrected chi connectivity index (χ4v) is 2.95. The standard InChI is InChI=1S/C7H4BrIN2S/c8-6-4-11(12-9)7-5(6)2-1-3-10-7/h1-4H. The van der Waals surface area contributed by atoms with Gasteiger partial charge >= 0.3 is 0 Å². The van der Waals surface area contributed by atoms with Crippen LogP contribution < -0.4 is 0 Å². The first-order valence-corrected chi connectivity index (χ1v) is 7.34. The molecule has 0 saturated heterocycles. The number of nitrogens with zero attached hydrogens (tertiary/aromatic N) is 2. The Balaban J connectivity index is 2.82. The summed E-state index contributed by atoms with van der Waals surface area (Å²) in [5, 5.41) is 1.15. The van der Waals surface area contributed by atoms with Gasteiger partial charge < -0.3 is 0 Å². The molecule has 0 aromatic carbocycles. The molecule has 0 aliphatic carbocycles. The summed E-state index contributed by atoms with van der Waals surface area (Å²) in [6, 6.07) is 3.99. The largest absolute Gasteiger partial charge is 0.265 e. The first kappa shape index (κ1) is 8.83. The highest BCUT2D eigenvalue weighted by Gasteiger charge is 2.05. The van der Waals surface area contributed by atoms with Crippen molar-refractivity contribution >= 4 is 57.3 Å². The van der Waals surface area contributed by atoms with E-state index in [9.17, 15) is 0 Å². The predicted molar refractivity (Wildman–Crippen MR) is 64.4 cm³/mol. The number of hydrogen-bond acceptors (Lipinski definition) is 2. The van der Waals surface area contributed by atoms with Gasteiger partial charge in [-0.05, 0) is 28.1 Å². The molecule has 2 aromatic rings. The van der Waals surface area contributed by atoms with E-state index < -0.39 is 0 Å². The lowest BCUT2D eigenvalue weighted by atomic mass is 10.3. The number of rotatable bonds is 1. The van der Waals surface area contributed by atoms with Gasteiger partial charge in [-0.15, -0.1) is 0 Å². The van der Waals surface area contributed by atoms with Gasteiger partial charge in [-0.2, -0.15) is 0 Å². The summed E-state index contributed by atoms with van der Waals surface area (Å²) in [5.74, 6) is 0. The third kappa shape index (κ3) is 1.38. The Hall–Kier alpha value is 0.250. The quantitative estimate of drug-likeness (QED) is 0.727. The Morgan fingerprint density at radius 2 is 2.42 bits per heavy atom. The predicted octanol–water partition coefficient (Wildman–Crippen LogP) is 3.65. The van der Waals surface area contributed by atoms with Crippen LogP contribution in [0, 0.1) is 0 Å². The molecule has 0 amide bonds. The molecule has 0 bridgehead atoms. The van der Waals surface area contributed by atoms with E-state index in [1.54, 1.807) is 15.3 Å². The Kier molecular flexibility index (Phi) is 2.61. The number of halogens is 2. The summed E-state index contributed by atoms with van der Waals surface area (Å²) in [7, 11) is 1.61. The van der Waals surface area contributed by atoms with Gasteiger partial charge in [0.25, 0.3) is 0 Å². The van der Waals surface area contributed by atoms with Crippen LogP contribution in [0.25, 0.3) is 11.0 Å². The number of hydrogen-bond donors (Lipinski definition) is 0. The van der Waals surface area contributed by atoms with Gasteiger partial charge in [0.05, 0.1) is 0 Å². The minimum Gasteiger partial charge on any atom is -0.265 e.